The van der Waals surface area contributed by atoms with E-state index in [9.17, 15) is 30.6 Å². The minimum atomic E-state index is -1.25. The van der Waals surface area contributed by atoms with E-state index in [1.807, 2.05) is 0 Å². The van der Waals surface area contributed by atoms with Gasteiger partial charge in [0, 0.05) is 11.8 Å². The van der Waals surface area contributed by atoms with E-state index in [4.69, 9.17) is 14.2 Å². The molecular formula is C14H26O9. The van der Waals surface area contributed by atoms with Gasteiger partial charge in [-0.3, -0.25) is 0 Å². The van der Waals surface area contributed by atoms with Crippen LogP contribution >= 0.6 is 0 Å². The van der Waals surface area contributed by atoms with Crippen LogP contribution in [0.4, 0.5) is 0 Å². The zero-order chi connectivity index (χ0) is 17.3. The van der Waals surface area contributed by atoms with Gasteiger partial charge in [0.25, 0.3) is 0 Å². The summed E-state index contributed by atoms with van der Waals surface area (Å²) < 4.78 is 16.3. The maximum absolute atomic E-state index is 10.3. The molecule has 136 valence electrons. The average Bonchev–Trinajstić information content (AvgIpc) is 2.55. The van der Waals surface area contributed by atoms with Crippen molar-refractivity contribution in [1.29, 1.82) is 0 Å². The summed E-state index contributed by atoms with van der Waals surface area (Å²) in [6, 6.07) is 0. The van der Waals surface area contributed by atoms with Gasteiger partial charge >= 0.3 is 0 Å². The molecule has 2 fully saturated rings. The van der Waals surface area contributed by atoms with E-state index >= 15 is 0 Å². The lowest BCUT2D eigenvalue weighted by atomic mass is 9.90. The largest absolute Gasteiger partial charge is 0.394 e. The Kier molecular flexibility index (Phi) is 6.34. The van der Waals surface area contributed by atoms with Crippen LogP contribution in [0, 0.1) is 11.8 Å². The highest BCUT2D eigenvalue weighted by molar-refractivity contribution is 4.91. The van der Waals surface area contributed by atoms with Crippen molar-refractivity contribution < 1.29 is 44.8 Å². The first-order valence-electron chi connectivity index (χ1n) is 7.72. The van der Waals surface area contributed by atoms with Gasteiger partial charge in [-0.05, 0) is 0 Å². The van der Waals surface area contributed by atoms with Gasteiger partial charge in [-0.1, -0.05) is 13.8 Å². The Hall–Kier alpha value is -0.360. The van der Waals surface area contributed by atoms with E-state index in [2.05, 4.69) is 0 Å². The van der Waals surface area contributed by atoms with Crippen molar-refractivity contribution in [1.82, 2.24) is 0 Å². The third-order valence-corrected chi connectivity index (χ3v) is 4.66. The first-order chi connectivity index (χ1) is 10.8. The number of hydrogen-bond donors (Lipinski definition) is 6. The maximum Gasteiger partial charge on any atom is 0.163 e. The molecule has 2 saturated heterocycles. The molecule has 2 aliphatic rings. The van der Waals surface area contributed by atoms with Crippen LogP contribution in [-0.4, -0.2) is 93.1 Å². The zero-order valence-electron chi connectivity index (χ0n) is 13.1. The van der Waals surface area contributed by atoms with Gasteiger partial charge in [-0.2, -0.15) is 0 Å². The first kappa shape index (κ1) is 19.0. The van der Waals surface area contributed by atoms with Crippen molar-refractivity contribution in [3.63, 3.8) is 0 Å². The number of rotatable bonds is 4. The molecule has 0 amide bonds. The molecular weight excluding hydrogens is 312 g/mol. The van der Waals surface area contributed by atoms with Crippen LogP contribution in [0.1, 0.15) is 13.8 Å². The summed E-state index contributed by atoms with van der Waals surface area (Å²) in [7, 11) is 0. The fourth-order valence-corrected chi connectivity index (χ4v) is 2.91. The summed E-state index contributed by atoms with van der Waals surface area (Å²) in [6.45, 7) is 2.17. The molecule has 0 spiro atoms. The molecule has 9 nitrogen and oxygen atoms in total. The highest BCUT2D eigenvalue weighted by atomic mass is 16.7. The average molecular weight is 338 g/mol. The Balaban J connectivity index is 2.11. The quantitative estimate of drug-likeness (QED) is 0.318. The fourth-order valence-electron chi connectivity index (χ4n) is 2.91. The number of ether oxygens (including phenoxy) is 3. The zero-order valence-corrected chi connectivity index (χ0v) is 13.1. The second kappa shape index (κ2) is 7.68. The van der Waals surface area contributed by atoms with Crippen LogP contribution in [0.5, 0.6) is 0 Å². The van der Waals surface area contributed by atoms with E-state index in [1.165, 1.54) is 0 Å². The van der Waals surface area contributed by atoms with E-state index in [1.54, 1.807) is 13.8 Å². The lowest BCUT2D eigenvalue weighted by Crippen LogP contribution is -2.60. The van der Waals surface area contributed by atoms with Crippen molar-refractivity contribution in [3.05, 3.63) is 0 Å². The highest BCUT2D eigenvalue weighted by Gasteiger charge is 2.48. The van der Waals surface area contributed by atoms with Gasteiger partial charge < -0.3 is 44.8 Å². The molecule has 2 rings (SSSR count). The lowest BCUT2D eigenvalue weighted by Gasteiger charge is -2.46. The molecule has 6 N–H and O–H groups in total. The van der Waals surface area contributed by atoms with Gasteiger partial charge in [0.15, 0.2) is 12.6 Å². The minimum Gasteiger partial charge on any atom is -0.394 e. The van der Waals surface area contributed by atoms with E-state index in [0.717, 1.165) is 0 Å². The molecule has 10 atom stereocenters. The standard InChI is InChI=1S/C14H26O9/c1-5-10(18)12(8(4-16)21-13(5)20)23-14-6(2)9(17)11(19)7(3-15)22-14/h5-20H,3-4H2,1-2H3/t5?,6-,7?,8?,9?,10-,11-,12?,13-,14?/m1/s1. The molecule has 0 aromatic rings. The monoisotopic (exact) mass is 338 g/mol. The summed E-state index contributed by atoms with van der Waals surface area (Å²) in [5.74, 6) is -1.28. The van der Waals surface area contributed by atoms with Crippen molar-refractivity contribution in [2.45, 2.75) is 63.1 Å². The Bertz CT molecular complexity index is 377. The second-order valence-electron chi connectivity index (χ2n) is 6.26. The Morgan fingerprint density at radius 1 is 0.783 bits per heavy atom. The maximum atomic E-state index is 10.3. The van der Waals surface area contributed by atoms with Crippen molar-refractivity contribution in [3.8, 4) is 0 Å². The van der Waals surface area contributed by atoms with E-state index < -0.39 is 74.3 Å². The number of aliphatic hydroxyl groups excluding tert-OH is 6. The highest BCUT2D eigenvalue weighted by Crippen LogP contribution is 2.32. The normalized spacial score (nSPS) is 51.7. The van der Waals surface area contributed by atoms with Gasteiger partial charge in [0.2, 0.25) is 0 Å². The molecule has 0 aromatic heterocycles. The van der Waals surface area contributed by atoms with Crippen molar-refractivity contribution in [2.24, 2.45) is 11.8 Å². The van der Waals surface area contributed by atoms with E-state index in [0.29, 0.717) is 0 Å². The Morgan fingerprint density at radius 3 is 1.96 bits per heavy atom. The SMILES string of the molecule is CC1[C@@H](O)C(OC2OC(CO)[C@@H](O)C(O)[C@H]2C)C(CO)O[C@H]1O. The molecule has 2 aliphatic heterocycles. The molecule has 0 radical (unpaired) electrons. The lowest BCUT2D eigenvalue weighted by molar-refractivity contribution is -0.340. The van der Waals surface area contributed by atoms with Crippen LogP contribution in [0.2, 0.25) is 0 Å². The molecule has 9 heteroatoms. The molecule has 0 aromatic carbocycles. The predicted molar refractivity (Wildman–Crippen MR) is 74.9 cm³/mol. The summed E-state index contributed by atoms with van der Waals surface area (Å²) in [4.78, 5) is 0. The van der Waals surface area contributed by atoms with Crippen molar-refractivity contribution >= 4 is 0 Å². The van der Waals surface area contributed by atoms with Crippen molar-refractivity contribution in [2.75, 3.05) is 13.2 Å². The Morgan fingerprint density at radius 2 is 1.39 bits per heavy atom. The van der Waals surface area contributed by atoms with Gasteiger partial charge in [-0.25, -0.2) is 0 Å². The van der Waals surface area contributed by atoms with Gasteiger partial charge in [-0.15, -0.1) is 0 Å². The minimum absolute atomic E-state index is 0.485. The summed E-state index contributed by atoms with van der Waals surface area (Å²) >= 11 is 0. The fraction of sp³-hybridized carbons (Fsp3) is 1.00. The Labute approximate surface area is 134 Å². The third-order valence-electron chi connectivity index (χ3n) is 4.66. The third kappa shape index (κ3) is 3.68. The van der Waals surface area contributed by atoms with Crippen LogP contribution in [0.25, 0.3) is 0 Å². The smallest absolute Gasteiger partial charge is 0.163 e. The molecule has 6 unspecified atom stereocenters. The predicted octanol–water partition coefficient (Wildman–Crippen LogP) is -2.85. The second-order valence-corrected chi connectivity index (χ2v) is 6.26. The van der Waals surface area contributed by atoms with Gasteiger partial charge in [0.05, 0.1) is 25.4 Å². The van der Waals surface area contributed by atoms with Crippen LogP contribution in [0.3, 0.4) is 0 Å². The molecule has 0 saturated carbocycles. The first-order valence-corrected chi connectivity index (χ1v) is 7.72. The molecule has 0 bridgehead atoms. The molecule has 2 heterocycles. The molecule has 0 aliphatic carbocycles. The molecule has 23 heavy (non-hydrogen) atoms. The summed E-state index contributed by atoms with van der Waals surface area (Å²) in [5.41, 5.74) is 0. The number of hydrogen-bond acceptors (Lipinski definition) is 9. The van der Waals surface area contributed by atoms with Crippen LogP contribution in [-0.2, 0) is 14.2 Å². The van der Waals surface area contributed by atoms with Crippen LogP contribution < -0.4 is 0 Å². The summed E-state index contributed by atoms with van der Waals surface area (Å²) in [6.07, 6.45) is -8.79. The summed E-state index contributed by atoms with van der Waals surface area (Å²) in [5, 5.41) is 58.4. The van der Waals surface area contributed by atoms with Gasteiger partial charge in [0.1, 0.15) is 24.4 Å². The van der Waals surface area contributed by atoms with Crippen LogP contribution in [0.15, 0.2) is 0 Å². The van der Waals surface area contributed by atoms with E-state index in [-0.39, 0.29) is 0 Å². The topological polar surface area (TPSA) is 149 Å². The number of aliphatic hydroxyl groups is 6.